The summed E-state index contributed by atoms with van der Waals surface area (Å²) in [6.07, 6.45) is 0.270. The molecule has 3 aliphatic heterocycles. The minimum Gasteiger partial charge on any atom is -0.508 e. The van der Waals surface area contributed by atoms with Crippen LogP contribution < -0.4 is 10.4 Å². The SMILES string of the molecule is CCn1c(-c2cccnc2[C@@](C)([Si])OC)c2c3cc(ccc31)-c1cc(O)cc(c1)C[C@H]([Si]NC(=O)[C@H](C(C)C)N(C)C(=O)C1(C(F)F)CCCO1)C(=O)N1CCC[C@H](N1)C(=O)OCC(C)(C)C2. The van der Waals surface area contributed by atoms with Crippen molar-refractivity contribution in [3.63, 3.8) is 0 Å². The number of hydrazine groups is 1. The van der Waals surface area contributed by atoms with E-state index in [-0.39, 0.29) is 44.8 Å². The van der Waals surface area contributed by atoms with Crippen LogP contribution in [0.15, 0.2) is 54.7 Å². The number of carbonyl (C=O) groups is 4. The normalized spacial score (nSPS) is 22.6. The van der Waals surface area contributed by atoms with Gasteiger partial charge in [-0.1, -0.05) is 39.8 Å². The summed E-state index contributed by atoms with van der Waals surface area (Å²) in [5.74, 6) is -3.00. The first-order chi connectivity index (χ1) is 31.7. The highest BCUT2D eigenvalue weighted by atomic mass is 28.2. The number of esters is 1. The van der Waals surface area contributed by atoms with Gasteiger partial charge in [-0.05, 0) is 117 Å². The zero-order valence-electron chi connectivity index (χ0n) is 39.5. The lowest BCUT2D eigenvalue weighted by Crippen LogP contribution is -2.60. The Balaban J connectivity index is 1.31. The van der Waals surface area contributed by atoms with Gasteiger partial charge < -0.3 is 33.8 Å². The number of aromatic nitrogens is 2. The molecule has 2 saturated heterocycles. The summed E-state index contributed by atoms with van der Waals surface area (Å²) < 4.78 is 48.4. The predicted molar refractivity (Wildman–Crippen MR) is 251 cm³/mol. The van der Waals surface area contributed by atoms with Crippen molar-refractivity contribution in [2.75, 3.05) is 33.9 Å². The van der Waals surface area contributed by atoms with Crippen molar-refractivity contribution in [2.24, 2.45) is 11.3 Å². The number of hydrogen-bond donors (Lipinski definition) is 3. The second kappa shape index (κ2) is 19.9. The molecule has 357 valence electrons. The van der Waals surface area contributed by atoms with Gasteiger partial charge in [-0.15, -0.1) is 0 Å². The van der Waals surface area contributed by atoms with Gasteiger partial charge in [0.1, 0.15) is 17.8 Å². The Bertz CT molecular complexity index is 2510. The molecular weight excluding hydrogens is 895 g/mol. The number of nitrogens with zero attached hydrogens (tertiary/aromatic N) is 4. The van der Waals surface area contributed by atoms with E-state index in [1.54, 1.807) is 39.3 Å². The van der Waals surface area contributed by atoms with E-state index in [0.717, 1.165) is 38.2 Å². The first-order valence-corrected chi connectivity index (χ1v) is 24.5. The average molecular weight is 956 g/mol. The zero-order chi connectivity index (χ0) is 48.6. The van der Waals surface area contributed by atoms with Gasteiger partial charge in [0, 0.05) is 61.9 Å². The summed E-state index contributed by atoms with van der Waals surface area (Å²) in [7, 11) is 6.22. The molecule has 18 heteroatoms. The molecule has 1 unspecified atom stereocenters. The van der Waals surface area contributed by atoms with Crippen LogP contribution in [-0.2, 0) is 58.0 Å². The molecule has 3 aliphatic rings. The highest BCUT2D eigenvalue weighted by Crippen LogP contribution is 2.43. The molecule has 6 bridgehead atoms. The first-order valence-electron chi connectivity index (χ1n) is 22.9. The lowest BCUT2D eigenvalue weighted by Gasteiger charge is -2.37. The fraction of sp³-hybridized carbons (Fsp3) is 0.531. The van der Waals surface area contributed by atoms with Crippen LogP contribution in [-0.4, -0.2) is 126 Å². The van der Waals surface area contributed by atoms with Gasteiger partial charge in [0.05, 0.1) is 39.0 Å². The third-order valence-electron chi connectivity index (χ3n) is 13.2. The number of pyridine rings is 1. The van der Waals surface area contributed by atoms with E-state index in [1.807, 2.05) is 31.2 Å². The molecule has 2 aromatic heterocycles. The molecule has 2 aromatic carbocycles. The number of carbonyl (C=O) groups excluding carboxylic acids is 4. The number of likely N-dealkylation sites (N-methyl/N-ethyl adjacent to an activating group) is 1. The van der Waals surface area contributed by atoms with Crippen LogP contribution in [0.2, 0.25) is 5.54 Å². The number of aromatic hydroxyl groups is 1. The summed E-state index contributed by atoms with van der Waals surface area (Å²) in [6, 6.07) is 13.3. The number of methoxy groups -OCH3 is 1. The third kappa shape index (κ3) is 10.1. The first kappa shape index (κ1) is 49.9. The Morgan fingerprint density at radius 2 is 1.91 bits per heavy atom. The number of hydrogen-bond acceptors (Lipinski definition) is 10. The number of amides is 3. The standard InChI is InChI=1S/C49H61F2N6O8Si2/c1-9-56-37-16-15-30-25-34(37)35(40(56)33-13-10-18-52-41(33)48(6,66)63-8)26-47(4,5)27-64-44(61)36-14-11-19-57(53-36)43(60)38(23-29-21-31(30)24-32(58)22-29)67-54-42(59)39(28(2)3)55(7)46(62)49(45(50)51)17-12-20-65-49/h10,13,15-16,18,21-22,24-25,28,36,38-39,45,53,58H,9,11-12,14,17,19-20,23,26-27H2,1-8H3,(H,54,59)/t36-,38-,39-,48+,49?/m0/s1. The average Bonchev–Trinajstić information content (AvgIpc) is 3.92. The molecule has 2 fully saturated rings. The van der Waals surface area contributed by atoms with Crippen LogP contribution in [0, 0.1) is 11.3 Å². The van der Waals surface area contributed by atoms with E-state index in [2.05, 4.69) is 58.1 Å². The van der Waals surface area contributed by atoms with Crippen molar-refractivity contribution in [1.82, 2.24) is 29.9 Å². The number of ether oxygens (including phenoxy) is 3. The van der Waals surface area contributed by atoms with Gasteiger partial charge >= 0.3 is 5.97 Å². The largest absolute Gasteiger partial charge is 0.508 e. The van der Waals surface area contributed by atoms with Gasteiger partial charge in [-0.3, -0.25) is 29.2 Å². The van der Waals surface area contributed by atoms with Crippen LogP contribution in [0.25, 0.3) is 33.3 Å². The number of phenols is 1. The van der Waals surface area contributed by atoms with Crippen molar-refractivity contribution in [3.8, 4) is 28.1 Å². The van der Waals surface area contributed by atoms with Crippen LogP contribution in [0.4, 0.5) is 8.78 Å². The summed E-state index contributed by atoms with van der Waals surface area (Å²) in [5.41, 5.74) is 5.93. The molecule has 3 amide bonds. The fourth-order valence-electron chi connectivity index (χ4n) is 9.76. The Hall–Kier alpha value is -5.02. The number of aryl methyl sites for hydroxylation is 1. The van der Waals surface area contributed by atoms with Crippen LogP contribution in [0.5, 0.6) is 5.75 Å². The molecule has 0 aliphatic carbocycles. The number of alkyl halides is 2. The molecule has 0 saturated carbocycles. The molecule has 67 heavy (non-hydrogen) atoms. The van der Waals surface area contributed by atoms with E-state index in [0.29, 0.717) is 42.6 Å². The molecule has 7 rings (SSSR count). The fourth-order valence-corrected chi connectivity index (χ4v) is 11.0. The van der Waals surface area contributed by atoms with E-state index in [1.165, 1.54) is 12.1 Å². The Kier molecular flexibility index (Phi) is 14.8. The predicted octanol–water partition coefficient (Wildman–Crippen LogP) is 6.07. The third-order valence-corrected chi connectivity index (χ3v) is 14.9. The number of halogens is 2. The summed E-state index contributed by atoms with van der Waals surface area (Å²) >= 11 is 0. The lowest BCUT2D eigenvalue weighted by atomic mass is 9.84. The van der Waals surface area contributed by atoms with E-state index in [4.69, 9.17) is 19.2 Å². The molecular formula is C49H61F2N6O8Si2. The maximum atomic E-state index is 14.6. The highest BCUT2D eigenvalue weighted by Gasteiger charge is 2.54. The number of rotatable bonds is 11. The summed E-state index contributed by atoms with van der Waals surface area (Å²) in [4.78, 5) is 65.1. The van der Waals surface area contributed by atoms with Crippen molar-refractivity contribution >= 4 is 54.5 Å². The Morgan fingerprint density at radius 1 is 1.15 bits per heavy atom. The smallest absolute Gasteiger partial charge is 0.324 e. The molecule has 14 nitrogen and oxygen atoms in total. The Labute approximate surface area is 396 Å². The number of phenolic OH excluding ortho intramolecular Hbond substituents is 1. The van der Waals surface area contributed by atoms with Gasteiger partial charge in [0.25, 0.3) is 12.3 Å². The quantitative estimate of drug-likeness (QED) is 0.119. The number of benzene rings is 2. The van der Waals surface area contributed by atoms with Crippen molar-refractivity contribution < 1.29 is 47.3 Å². The summed E-state index contributed by atoms with van der Waals surface area (Å²) in [6.45, 7) is 12.5. The molecule has 0 spiro atoms. The van der Waals surface area contributed by atoms with Crippen molar-refractivity contribution in [1.29, 1.82) is 0 Å². The van der Waals surface area contributed by atoms with E-state index >= 15 is 0 Å². The topological polar surface area (TPSA) is 165 Å². The number of nitrogens with one attached hydrogen (secondary N) is 2. The Morgan fingerprint density at radius 3 is 2.58 bits per heavy atom. The van der Waals surface area contributed by atoms with Gasteiger partial charge in [0.15, 0.2) is 9.68 Å². The van der Waals surface area contributed by atoms with Crippen LogP contribution in [0.3, 0.4) is 0 Å². The molecule has 5 atom stereocenters. The molecule has 3 N–H and O–H groups in total. The van der Waals surface area contributed by atoms with Crippen molar-refractivity contribution in [3.05, 3.63) is 71.5 Å². The zero-order valence-corrected chi connectivity index (χ0v) is 41.5. The molecule has 5 heterocycles. The maximum Gasteiger partial charge on any atom is 0.324 e. The van der Waals surface area contributed by atoms with Gasteiger partial charge in [-0.25, -0.2) is 14.2 Å². The monoisotopic (exact) mass is 955 g/mol. The van der Waals surface area contributed by atoms with E-state index < -0.39 is 79.6 Å². The minimum atomic E-state index is -3.09. The highest BCUT2D eigenvalue weighted by molar-refractivity contribution is 6.45. The molecule has 4 aromatic rings. The summed E-state index contributed by atoms with van der Waals surface area (Å²) in [5, 5.41) is 12.8. The number of cyclic esters (lactones) is 1. The second-order valence-electron chi connectivity index (χ2n) is 19.2. The van der Waals surface area contributed by atoms with E-state index in [9.17, 15) is 33.1 Å². The lowest BCUT2D eigenvalue weighted by molar-refractivity contribution is -0.174. The minimum absolute atomic E-state index is 0.00776. The number of fused-ring (bicyclic) bond motifs is 6. The molecule has 5 radical (unpaired) electrons. The van der Waals surface area contributed by atoms with Crippen molar-refractivity contribution in [2.45, 2.75) is 121 Å². The second-order valence-corrected chi connectivity index (χ2v) is 21.4. The maximum absolute atomic E-state index is 14.6. The van der Waals surface area contributed by atoms with Gasteiger partial charge in [0.2, 0.25) is 17.4 Å². The van der Waals surface area contributed by atoms with Crippen LogP contribution in [0.1, 0.15) is 84.0 Å². The van der Waals surface area contributed by atoms with Gasteiger partial charge in [-0.2, -0.15) is 0 Å². The van der Waals surface area contributed by atoms with Crippen LogP contribution >= 0.6 is 0 Å².